The molecule has 28 heavy (non-hydrogen) atoms. The summed E-state index contributed by atoms with van der Waals surface area (Å²) in [6, 6.07) is 19.3. The average molecular weight is 372 g/mol. The van der Waals surface area contributed by atoms with Gasteiger partial charge in [-0.3, -0.25) is 13.9 Å². The molecule has 1 heterocycles. The molecule has 0 aliphatic rings. The molecule has 0 amide bonds. The van der Waals surface area contributed by atoms with Crippen molar-refractivity contribution in [2.45, 2.75) is 39.3 Å². The zero-order chi connectivity index (χ0) is 19.8. The van der Waals surface area contributed by atoms with Gasteiger partial charge in [-0.15, -0.1) is 0 Å². The molecule has 0 saturated carbocycles. The van der Waals surface area contributed by atoms with Crippen molar-refractivity contribution in [2.24, 2.45) is 0 Å². The number of aromatic nitrogens is 2. The predicted molar refractivity (Wildman–Crippen MR) is 112 cm³/mol. The molecule has 4 heteroatoms. The van der Waals surface area contributed by atoms with Gasteiger partial charge in [-0.1, -0.05) is 85.8 Å². The van der Waals surface area contributed by atoms with Gasteiger partial charge < -0.3 is 0 Å². The van der Waals surface area contributed by atoms with Crippen LogP contribution in [0.25, 0.3) is 0 Å². The van der Waals surface area contributed by atoms with Crippen LogP contribution in [0.4, 0.5) is 0 Å². The SMILES string of the molecule is CCCCC#Cc1cn(Cc2ccccc2)c(=O)n(Cc2ccccc2)c1=O. The first-order chi connectivity index (χ1) is 13.7. The second-order valence-electron chi connectivity index (χ2n) is 6.72. The highest BCUT2D eigenvalue weighted by Crippen LogP contribution is 2.03. The third-order valence-electron chi connectivity index (χ3n) is 4.49. The molecule has 0 N–H and O–H groups in total. The van der Waals surface area contributed by atoms with E-state index < -0.39 is 0 Å². The summed E-state index contributed by atoms with van der Waals surface area (Å²) >= 11 is 0. The van der Waals surface area contributed by atoms with Crippen LogP contribution >= 0.6 is 0 Å². The highest BCUT2D eigenvalue weighted by molar-refractivity contribution is 5.31. The van der Waals surface area contributed by atoms with Crippen LogP contribution in [0.3, 0.4) is 0 Å². The number of unbranched alkanes of at least 4 members (excludes halogenated alkanes) is 2. The van der Waals surface area contributed by atoms with Gasteiger partial charge in [0, 0.05) is 12.6 Å². The lowest BCUT2D eigenvalue weighted by Crippen LogP contribution is -2.41. The molecule has 3 rings (SSSR count). The van der Waals surface area contributed by atoms with Crippen molar-refractivity contribution in [1.82, 2.24) is 9.13 Å². The number of rotatable bonds is 6. The fourth-order valence-corrected chi connectivity index (χ4v) is 2.96. The first-order valence-electron chi connectivity index (χ1n) is 9.60. The Morgan fingerprint density at radius 3 is 2.07 bits per heavy atom. The molecule has 0 fully saturated rings. The van der Waals surface area contributed by atoms with Crippen molar-refractivity contribution in [2.75, 3.05) is 0 Å². The van der Waals surface area contributed by atoms with Gasteiger partial charge in [-0.25, -0.2) is 4.79 Å². The number of hydrogen-bond donors (Lipinski definition) is 0. The normalized spacial score (nSPS) is 10.3. The Morgan fingerprint density at radius 2 is 1.46 bits per heavy atom. The summed E-state index contributed by atoms with van der Waals surface area (Å²) in [5, 5.41) is 0. The largest absolute Gasteiger partial charge is 0.331 e. The van der Waals surface area contributed by atoms with Crippen LogP contribution in [0.5, 0.6) is 0 Å². The molecule has 3 aromatic rings. The van der Waals surface area contributed by atoms with Crippen LogP contribution < -0.4 is 11.2 Å². The van der Waals surface area contributed by atoms with Crippen LogP contribution in [0.15, 0.2) is 76.4 Å². The number of hydrogen-bond acceptors (Lipinski definition) is 2. The molecule has 0 spiro atoms. The van der Waals surface area contributed by atoms with Crippen molar-refractivity contribution < 1.29 is 0 Å². The Hall–Kier alpha value is -3.32. The van der Waals surface area contributed by atoms with Crippen molar-refractivity contribution in [1.29, 1.82) is 0 Å². The summed E-state index contributed by atoms with van der Waals surface area (Å²) in [6.45, 7) is 2.74. The van der Waals surface area contributed by atoms with E-state index in [1.54, 1.807) is 10.8 Å². The molecule has 0 aliphatic carbocycles. The summed E-state index contributed by atoms with van der Waals surface area (Å²) in [7, 11) is 0. The quantitative estimate of drug-likeness (QED) is 0.490. The Morgan fingerprint density at radius 1 is 0.857 bits per heavy atom. The zero-order valence-corrected chi connectivity index (χ0v) is 16.1. The lowest BCUT2D eigenvalue weighted by Gasteiger charge is -2.12. The van der Waals surface area contributed by atoms with E-state index in [4.69, 9.17) is 0 Å². The van der Waals surface area contributed by atoms with Gasteiger partial charge in [0.15, 0.2) is 0 Å². The molecule has 0 bridgehead atoms. The minimum Gasteiger partial charge on any atom is -0.295 e. The van der Waals surface area contributed by atoms with Gasteiger partial charge >= 0.3 is 5.69 Å². The van der Waals surface area contributed by atoms with Crippen molar-refractivity contribution >= 4 is 0 Å². The first kappa shape index (κ1) is 19.4. The smallest absolute Gasteiger partial charge is 0.295 e. The van der Waals surface area contributed by atoms with Crippen LogP contribution in [0, 0.1) is 11.8 Å². The second-order valence-corrected chi connectivity index (χ2v) is 6.72. The van der Waals surface area contributed by atoms with Crippen molar-refractivity contribution in [3.05, 3.63) is 104 Å². The lowest BCUT2D eigenvalue weighted by atomic mass is 10.2. The maximum absolute atomic E-state index is 13.0. The van der Waals surface area contributed by atoms with E-state index in [2.05, 4.69) is 18.8 Å². The molecule has 4 nitrogen and oxygen atoms in total. The molecule has 0 radical (unpaired) electrons. The van der Waals surface area contributed by atoms with Gasteiger partial charge in [0.1, 0.15) is 5.56 Å². The van der Waals surface area contributed by atoms with Gasteiger partial charge in [0.25, 0.3) is 5.56 Å². The first-order valence-corrected chi connectivity index (χ1v) is 9.60. The van der Waals surface area contributed by atoms with E-state index in [1.807, 2.05) is 60.7 Å². The zero-order valence-electron chi connectivity index (χ0n) is 16.1. The van der Waals surface area contributed by atoms with Gasteiger partial charge in [0.05, 0.1) is 13.1 Å². The molecule has 142 valence electrons. The summed E-state index contributed by atoms with van der Waals surface area (Å²) < 4.78 is 2.85. The van der Waals surface area contributed by atoms with Gasteiger partial charge in [-0.2, -0.15) is 0 Å². The average Bonchev–Trinajstić information content (AvgIpc) is 2.73. The summed E-state index contributed by atoms with van der Waals surface area (Å²) in [5.41, 5.74) is 1.62. The lowest BCUT2D eigenvalue weighted by molar-refractivity contribution is 0.609. The van der Waals surface area contributed by atoms with E-state index in [1.165, 1.54) is 4.57 Å². The second kappa shape index (κ2) is 9.57. The molecule has 0 unspecified atom stereocenters. The summed E-state index contributed by atoms with van der Waals surface area (Å²) in [6.07, 6.45) is 4.39. The monoisotopic (exact) mass is 372 g/mol. The minimum absolute atomic E-state index is 0.234. The number of benzene rings is 2. The van der Waals surface area contributed by atoms with Crippen LogP contribution in [-0.4, -0.2) is 9.13 Å². The van der Waals surface area contributed by atoms with E-state index in [9.17, 15) is 9.59 Å². The number of nitrogens with zero attached hydrogens (tertiary/aromatic N) is 2. The van der Waals surface area contributed by atoms with E-state index in [0.717, 1.165) is 30.4 Å². The molecule has 0 atom stereocenters. The van der Waals surface area contributed by atoms with Crippen molar-refractivity contribution in [3.8, 4) is 11.8 Å². The Bertz CT molecular complexity index is 1080. The minimum atomic E-state index is -0.331. The van der Waals surface area contributed by atoms with E-state index >= 15 is 0 Å². The Balaban J connectivity index is 2.05. The maximum atomic E-state index is 13.0. The molecule has 2 aromatic carbocycles. The molecular formula is C24H24N2O2. The topological polar surface area (TPSA) is 44.0 Å². The molecule has 0 aliphatic heterocycles. The molecule has 1 aromatic heterocycles. The maximum Gasteiger partial charge on any atom is 0.331 e. The molecular weight excluding hydrogens is 348 g/mol. The molecule has 0 saturated heterocycles. The predicted octanol–water partition coefficient (Wildman–Crippen LogP) is 3.65. The van der Waals surface area contributed by atoms with Crippen LogP contribution in [0.2, 0.25) is 0 Å². The third kappa shape index (κ3) is 4.89. The Kier molecular flexibility index (Phi) is 6.64. The highest BCUT2D eigenvalue weighted by Gasteiger charge is 2.11. The Labute approximate surface area is 165 Å². The van der Waals surface area contributed by atoms with Crippen molar-refractivity contribution in [3.63, 3.8) is 0 Å². The van der Waals surface area contributed by atoms with Gasteiger partial charge in [0.2, 0.25) is 0 Å². The summed E-state index contributed by atoms with van der Waals surface area (Å²) in [4.78, 5) is 25.9. The van der Waals surface area contributed by atoms with E-state index in [0.29, 0.717) is 12.1 Å². The van der Waals surface area contributed by atoms with Crippen LogP contribution in [-0.2, 0) is 13.1 Å². The highest BCUT2D eigenvalue weighted by atomic mass is 16.2. The fourth-order valence-electron chi connectivity index (χ4n) is 2.96. The van der Waals surface area contributed by atoms with Crippen LogP contribution in [0.1, 0.15) is 42.9 Å². The van der Waals surface area contributed by atoms with Gasteiger partial charge in [-0.05, 0) is 17.5 Å². The fraction of sp³-hybridized carbons (Fsp3) is 0.250. The third-order valence-corrected chi connectivity index (χ3v) is 4.49. The standard InChI is InChI=1S/C24H24N2O2/c1-2-3-4-11-16-22-19-25(17-20-12-7-5-8-13-20)24(28)26(23(22)27)18-21-14-9-6-10-15-21/h5-10,12-15,19H,2-4,17-18H2,1H3. The van der Waals surface area contributed by atoms with E-state index in [-0.39, 0.29) is 17.8 Å². The summed E-state index contributed by atoms with van der Waals surface area (Å²) in [5.74, 6) is 6.05.